The van der Waals surface area contributed by atoms with Gasteiger partial charge in [0.15, 0.2) is 0 Å². The van der Waals surface area contributed by atoms with Gasteiger partial charge in [0, 0.05) is 18.2 Å². The van der Waals surface area contributed by atoms with Crippen LogP contribution in [0, 0.1) is 0 Å². The third-order valence-corrected chi connectivity index (χ3v) is 4.36. The number of hydrazone groups is 1. The van der Waals surface area contributed by atoms with E-state index in [-0.39, 0.29) is 12.0 Å². The minimum absolute atomic E-state index is 0.0623. The zero-order valence-electron chi connectivity index (χ0n) is 15.7. The molecule has 1 aliphatic rings. The smallest absolute Gasteiger partial charge is 0.332 e. The Labute approximate surface area is 160 Å². The van der Waals surface area contributed by atoms with Gasteiger partial charge in [0.2, 0.25) is 0 Å². The lowest BCUT2D eigenvalue weighted by Crippen LogP contribution is -2.18. The molecule has 0 N–H and O–H groups in total. The number of esters is 1. The van der Waals surface area contributed by atoms with Gasteiger partial charge < -0.3 is 4.74 Å². The number of carbonyl (C=O) groups is 1. The summed E-state index contributed by atoms with van der Waals surface area (Å²) in [6, 6.07) is 20.4. The Kier molecular flexibility index (Phi) is 6.21. The highest BCUT2D eigenvalue weighted by Gasteiger charge is 2.28. The fourth-order valence-electron chi connectivity index (χ4n) is 3.07. The third kappa shape index (κ3) is 4.94. The maximum absolute atomic E-state index is 11.9. The topological polar surface area (TPSA) is 41.9 Å². The van der Waals surface area contributed by atoms with Crippen molar-refractivity contribution in [3.63, 3.8) is 0 Å². The molecule has 4 heteroatoms. The predicted octanol–water partition coefficient (Wildman–Crippen LogP) is 4.97. The molecule has 4 nitrogen and oxygen atoms in total. The number of rotatable bonds is 6. The molecule has 0 amide bonds. The molecule has 0 spiro atoms. The van der Waals surface area contributed by atoms with Crippen molar-refractivity contribution in [1.29, 1.82) is 0 Å². The van der Waals surface area contributed by atoms with Crippen LogP contribution in [-0.2, 0) is 9.53 Å². The van der Waals surface area contributed by atoms with Crippen molar-refractivity contribution in [3.05, 3.63) is 89.6 Å². The zero-order valence-corrected chi connectivity index (χ0v) is 15.7. The van der Waals surface area contributed by atoms with E-state index in [2.05, 4.69) is 30.3 Å². The highest BCUT2D eigenvalue weighted by atomic mass is 16.5. The van der Waals surface area contributed by atoms with Crippen molar-refractivity contribution in [3.8, 4) is 0 Å². The second kappa shape index (κ2) is 8.99. The normalized spacial score (nSPS) is 17.3. The zero-order chi connectivity index (χ0) is 19.1. The number of hydrogen-bond donors (Lipinski definition) is 0. The standard InChI is InChI=1S/C23H24N2O2/c1-3-27-23(26)16-18(2)25-22(20-12-8-5-9-13-20)17-21(24-25)15-14-19-10-6-4-7-11-19/h4-16,22H,3,17H2,1-2H3/b15-14+,18-16-/t22-/m1/s1. The van der Waals surface area contributed by atoms with E-state index >= 15 is 0 Å². The van der Waals surface area contributed by atoms with E-state index in [0.717, 1.165) is 23.4 Å². The van der Waals surface area contributed by atoms with E-state index in [1.165, 1.54) is 11.6 Å². The number of nitrogens with zero attached hydrogens (tertiary/aromatic N) is 2. The van der Waals surface area contributed by atoms with Gasteiger partial charge in [-0.15, -0.1) is 0 Å². The summed E-state index contributed by atoms with van der Waals surface area (Å²) in [5, 5.41) is 6.67. The molecule has 27 heavy (non-hydrogen) atoms. The molecule has 0 aliphatic carbocycles. The van der Waals surface area contributed by atoms with Crippen molar-refractivity contribution in [2.45, 2.75) is 26.3 Å². The molecule has 0 aromatic heterocycles. The number of carbonyl (C=O) groups excluding carboxylic acids is 1. The van der Waals surface area contributed by atoms with Crippen LogP contribution in [0.4, 0.5) is 0 Å². The molecule has 0 saturated heterocycles. The van der Waals surface area contributed by atoms with E-state index in [0.29, 0.717) is 6.61 Å². The van der Waals surface area contributed by atoms with E-state index in [4.69, 9.17) is 9.84 Å². The molecule has 0 fully saturated rings. The Balaban J connectivity index is 1.86. The van der Waals surface area contributed by atoms with Crippen molar-refractivity contribution < 1.29 is 9.53 Å². The molecule has 1 heterocycles. The minimum Gasteiger partial charge on any atom is -0.463 e. The van der Waals surface area contributed by atoms with Crippen molar-refractivity contribution in [1.82, 2.24) is 5.01 Å². The Morgan fingerprint density at radius 2 is 1.78 bits per heavy atom. The maximum atomic E-state index is 11.9. The number of benzene rings is 2. The molecular formula is C23H24N2O2. The maximum Gasteiger partial charge on any atom is 0.332 e. The Morgan fingerprint density at radius 1 is 1.11 bits per heavy atom. The van der Waals surface area contributed by atoms with Crippen molar-refractivity contribution in [2.75, 3.05) is 6.61 Å². The van der Waals surface area contributed by atoms with Gasteiger partial charge in [0.25, 0.3) is 0 Å². The first-order valence-electron chi connectivity index (χ1n) is 9.17. The van der Waals surface area contributed by atoms with Crippen molar-refractivity contribution >= 4 is 17.8 Å². The largest absolute Gasteiger partial charge is 0.463 e. The minimum atomic E-state index is -0.342. The molecule has 1 aliphatic heterocycles. The molecular weight excluding hydrogens is 336 g/mol. The van der Waals surface area contributed by atoms with Crippen LogP contribution in [0.25, 0.3) is 6.08 Å². The SMILES string of the molecule is CCOC(=O)/C=C(/C)N1N=C(/C=C/c2ccccc2)C[C@@H]1c1ccccc1. The van der Waals surface area contributed by atoms with Gasteiger partial charge in [0.1, 0.15) is 0 Å². The van der Waals surface area contributed by atoms with Crippen LogP contribution in [0.2, 0.25) is 0 Å². The number of ether oxygens (including phenoxy) is 1. The second-order valence-corrected chi connectivity index (χ2v) is 6.35. The molecule has 0 radical (unpaired) electrons. The lowest BCUT2D eigenvalue weighted by molar-refractivity contribution is -0.137. The molecule has 2 aromatic rings. The summed E-state index contributed by atoms with van der Waals surface area (Å²) in [6.07, 6.45) is 6.39. The van der Waals surface area contributed by atoms with Crippen LogP contribution < -0.4 is 0 Å². The molecule has 3 rings (SSSR count). The molecule has 0 bridgehead atoms. The highest BCUT2D eigenvalue weighted by Crippen LogP contribution is 2.34. The molecule has 0 unspecified atom stereocenters. The predicted molar refractivity (Wildman–Crippen MR) is 109 cm³/mol. The highest BCUT2D eigenvalue weighted by molar-refractivity contribution is 5.99. The first-order valence-corrected chi connectivity index (χ1v) is 9.17. The summed E-state index contributed by atoms with van der Waals surface area (Å²) in [6.45, 7) is 4.05. The van der Waals surface area contributed by atoms with Gasteiger partial charge in [0.05, 0.1) is 18.4 Å². The van der Waals surface area contributed by atoms with Gasteiger partial charge in [-0.2, -0.15) is 5.10 Å². The summed E-state index contributed by atoms with van der Waals surface area (Å²) in [5.41, 5.74) is 4.05. The van der Waals surface area contributed by atoms with E-state index in [1.54, 1.807) is 6.92 Å². The second-order valence-electron chi connectivity index (χ2n) is 6.35. The lowest BCUT2D eigenvalue weighted by Gasteiger charge is -2.24. The van der Waals surface area contributed by atoms with Crippen LogP contribution in [0.1, 0.15) is 37.4 Å². The Bertz CT molecular complexity index is 854. The molecule has 0 saturated carbocycles. The van der Waals surface area contributed by atoms with Crippen molar-refractivity contribution in [2.24, 2.45) is 5.10 Å². The summed E-state index contributed by atoms with van der Waals surface area (Å²) in [4.78, 5) is 11.9. The van der Waals surface area contributed by atoms with E-state index < -0.39 is 0 Å². The Hall–Kier alpha value is -3.14. The molecule has 138 valence electrons. The third-order valence-electron chi connectivity index (χ3n) is 4.36. The fourth-order valence-corrected chi connectivity index (χ4v) is 3.07. The first-order chi connectivity index (χ1) is 13.2. The van der Waals surface area contributed by atoms with Crippen LogP contribution in [0.15, 0.2) is 83.6 Å². The van der Waals surface area contributed by atoms with Gasteiger partial charge in [-0.1, -0.05) is 66.7 Å². The summed E-state index contributed by atoms with van der Waals surface area (Å²) >= 11 is 0. The molecule has 2 aromatic carbocycles. The average Bonchev–Trinajstić information content (AvgIpc) is 3.12. The number of hydrogen-bond acceptors (Lipinski definition) is 4. The number of allylic oxidation sites excluding steroid dienone is 2. The van der Waals surface area contributed by atoms with Crippen LogP contribution in [0.5, 0.6) is 0 Å². The van der Waals surface area contributed by atoms with E-state index in [1.807, 2.05) is 54.4 Å². The first kappa shape index (κ1) is 18.6. The molecule has 1 atom stereocenters. The van der Waals surface area contributed by atoms with Crippen LogP contribution in [0.3, 0.4) is 0 Å². The Morgan fingerprint density at radius 3 is 2.44 bits per heavy atom. The summed E-state index contributed by atoms with van der Waals surface area (Å²) < 4.78 is 5.04. The van der Waals surface area contributed by atoms with Gasteiger partial charge in [-0.05, 0) is 31.1 Å². The summed E-state index contributed by atoms with van der Waals surface area (Å²) in [5.74, 6) is -0.342. The monoisotopic (exact) mass is 360 g/mol. The van der Waals surface area contributed by atoms with Gasteiger partial charge >= 0.3 is 5.97 Å². The van der Waals surface area contributed by atoms with Gasteiger partial charge in [-0.25, -0.2) is 4.79 Å². The van der Waals surface area contributed by atoms with Crippen LogP contribution >= 0.6 is 0 Å². The van der Waals surface area contributed by atoms with Gasteiger partial charge in [-0.3, -0.25) is 5.01 Å². The quantitative estimate of drug-likeness (QED) is 0.539. The van der Waals surface area contributed by atoms with E-state index in [9.17, 15) is 4.79 Å². The summed E-state index contributed by atoms with van der Waals surface area (Å²) in [7, 11) is 0. The fraction of sp³-hybridized carbons (Fsp3) is 0.217. The van der Waals surface area contributed by atoms with Crippen LogP contribution in [-0.4, -0.2) is 23.3 Å². The lowest BCUT2D eigenvalue weighted by atomic mass is 10.0. The average molecular weight is 360 g/mol.